The van der Waals surface area contributed by atoms with E-state index in [4.69, 9.17) is 9.97 Å². The molecule has 3 aliphatic carbocycles. The van der Waals surface area contributed by atoms with Crippen molar-refractivity contribution in [1.82, 2.24) is 40.4 Å². The molecule has 1 fully saturated rings. The van der Waals surface area contributed by atoms with Gasteiger partial charge in [-0.1, -0.05) is 37.3 Å². The number of hydrogen-bond acceptors (Lipinski definition) is 9. The average Bonchev–Trinajstić information content (AvgIpc) is 3.93. The zero-order chi connectivity index (χ0) is 36.4. The van der Waals surface area contributed by atoms with E-state index in [1.807, 2.05) is 11.8 Å². The van der Waals surface area contributed by atoms with E-state index < -0.39 is 18.4 Å². The fourth-order valence-corrected chi connectivity index (χ4v) is 7.81. The van der Waals surface area contributed by atoms with Crippen molar-refractivity contribution in [2.24, 2.45) is 5.92 Å². The molecular weight excluding hydrogens is 664 g/mol. The Hall–Kier alpha value is -5.21. The van der Waals surface area contributed by atoms with Crippen LogP contribution in [0.15, 0.2) is 41.5 Å². The van der Waals surface area contributed by atoms with Crippen LogP contribution in [-0.2, 0) is 27.2 Å². The summed E-state index contributed by atoms with van der Waals surface area (Å²) in [6.07, 6.45) is 14.2. The van der Waals surface area contributed by atoms with E-state index >= 15 is 0 Å². The van der Waals surface area contributed by atoms with Crippen LogP contribution < -0.4 is 10.6 Å². The first kappa shape index (κ1) is 35.2. The smallest absolute Gasteiger partial charge is 0.407 e. The van der Waals surface area contributed by atoms with Crippen molar-refractivity contribution in [3.63, 3.8) is 0 Å². The predicted octanol–water partition coefficient (Wildman–Crippen LogP) is 4.58. The second-order valence-corrected chi connectivity index (χ2v) is 13.7. The fourth-order valence-electron chi connectivity index (χ4n) is 7.81. The van der Waals surface area contributed by atoms with Gasteiger partial charge in [-0.15, -0.1) is 0 Å². The van der Waals surface area contributed by atoms with Gasteiger partial charge in [0.15, 0.2) is 0 Å². The molecule has 0 saturated carbocycles. The molecule has 0 bridgehead atoms. The summed E-state index contributed by atoms with van der Waals surface area (Å²) in [6.45, 7) is 3.68. The second kappa shape index (κ2) is 15.2. The van der Waals surface area contributed by atoms with E-state index in [-0.39, 0.29) is 31.0 Å². The number of fused-ring (bicyclic) bond motifs is 6. The molecule has 7 rings (SSSR count). The van der Waals surface area contributed by atoms with Crippen molar-refractivity contribution >= 4 is 46.9 Å². The number of hydrogen-bond donors (Lipinski definition) is 5. The van der Waals surface area contributed by atoms with Gasteiger partial charge in [-0.3, -0.25) is 9.69 Å². The predicted molar refractivity (Wildman–Crippen MR) is 195 cm³/mol. The van der Waals surface area contributed by atoms with Crippen molar-refractivity contribution in [2.45, 2.75) is 64.3 Å². The highest BCUT2D eigenvalue weighted by Gasteiger charge is 2.35. The molecule has 1 aliphatic heterocycles. The minimum atomic E-state index is -0.873. The summed E-state index contributed by atoms with van der Waals surface area (Å²) in [4.78, 5) is 56.6. The van der Waals surface area contributed by atoms with Crippen LogP contribution in [0.1, 0.15) is 79.2 Å². The molecule has 274 valence electrons. The number of allylic oxidation sites excluding steroid dienone is 6. The Labute approximate surface area is 302 Å². The number of aliphatic hydroxyl groups excluding tert-OH is 1. The van der Waals surface area contributed by atoms with Gasteiger partial charge in [-0.2, -0.15) is 0 Å². The summed E-state index contributed by atoms with van der Waals surface area (Å²) in [5, 5.41) is 15.8. The highest BCUT2D eigenvalue weighted by Crippen LogP contribution is 2.43. The SMILES string of the molecule is CCCN(Cc1nc2c3c(ccc2[nH]1)C=C(C1=CC=C2c4nc(C5CCCN5C(=O)CNC(=O)OC)[nH]c4C=CC2C1)CC3)C(O)CNC(=O)OC. The van der Waals surface area contributed by atoms with E-state index in [0.29, 0.717) is 19.6 Å². The van der Waals surface area contributed by atoms with Crippen LogP contribution in [0.3, 0.4) is 0 Å². The number of rotatable bonds is 11. The molecule has 3 unspecified atom stereocenters. The third-order valence-corrected chi connectivity index (χ3v) is 10.4. The van der Waals surface area contributed by atoms with Crippen LogP contribution in [0.5, 0.6) is 0 Å². The molecule has 1 aromatic carbocycles. The monoisotopic (exact) mass is 710 g/mol. The number of nitrogens with one attached hydrogen (secondary N) is 4. The number of benzene rings is 1. The van der Waals surface area contributed by atoms with Gasteiger partial charge < -0.3 is 40.1 Å². The minimum absolute atomic E-state index is 0.0588. The van der Waals surface area contributed by atoms with Crippen molar-refractivity contribution in [3.8, 4) is 0 Å². The molecule has 3 atom stereocenters. The second-order valence-electron chi connectivity index (χ2n) is 13.7. The number of alkyl carbamates (subject to hydrolysis) is 2. The number of aryl methyl sites for hydroxylation is 1. The van der Waals surface area contributed by atoms with E-state index in [2.05, 4.69) is 72.6 Å². The van der Waals surface area contributed by atoms with Crippen LogP contribution in [0.4, 0.5) is 9.59 Å². The summed E-state index contributed by atoms with van der Waals surface area (Å²) < 4.78 is 9.25. The summed E-state index contributed by atoms with van der Waals surface area (Å²) >= 11 is 0. The molecule has 3 aromatic rings. The largest absolute Gasteiger partial charge is 0.453 e. The number of H-pyrrole nitrogens is 2. The maximum Gasteiger partial charge on any atom is 0.407 e. The molecule has 1 saturated heterocycles. The van der Waals surface area contributed by atoms with Gasteiger partial charge in [-0.25, -0.2) is 19.6 Å². The van der Waals surface area contributed by atoms with E-state index in [0.717, 1.165) is 72.6 Å². The molecule has 2 aromatic heterocycles. The molecule has 4 aliphatic rings. The molecule has 52 heavy (non-hydrogen) atoms. The van der Waals surface area contributed by atoms with Crippen molar-refractivity contribution in [1.29, 1.82) is 0 Å². The average molecular weight is 711 g/mol. The Morgan fingerprint density at radius 3 is 2.71 bits per heavy atom. The van der Waals surface area contributed by atoms with E-state index in [1.165, 1.54) is 42.1 Å². The standard InChI is InChI=1S/C38H46N8O6/c1-4-15-45(32(47)19-39-37(49)51-2)21-31-41-28-13-9-24-17-22(7-11-26(24)34(28)43-31)23-8-12-27-25(18-23)10-14-29-35(27)44-36(42-29)30-6-5-16-46(30)33(48)20-40-38(50)52-3/h8-10,12-14,17,25,30,32,47H,4-7,11,15-16,18-21H2,1-3H3,(H,39,49)(H,40,50)(H,41,43)(H,42,44). The maximum atomic E-state index is 12.9. The first-order valence-electron chi connectivity index (χ1n) is 18.0. The number of aliphatic hydroxyl groups is 1. The number of aromatic nitrogens is 4. The third-order valence-electron chi connectivity index (χ3n) is 10.4. The van der Waals surface area contributed by atoms with Gasteiger partial charge in [0.25, 0.3) is 0 Å². The van der Waals surface area contributed by atoms with Gasteiger partial charge in [0.1, 0.15) is 24.4 Å². The zero-order valence-electron chi connectivity index (χ0n) is 29.8. The number of aromatic amines is 2. The van der Waals surface area contributed by atoms with Crippen LogP contribution in [0, 0.1) is 5.92 Å². The molecule has 5 N–H and O–H groups in total. The Kier molecular flexibility index (Phi) is 10.3. The summed E-state index contributed by atoms with van der Waals surface area (Å²) in [6, 6.07) is 4.07. The number of nitrogens with zero attached hydrogens (tertiary/aromatic N) is 4. The highest BCUT2D eigenvalue weighted by molar-refractivity contribution is 5.86. The molecule has 3 heterocycles. The van der Waals surface area contributed by atoms with Crippen LogP contribution in [-0.4, -0.2) is 99.6 Å². The van der Waals surface area contributed by atoms with Gasteiger partial charge in [0.2, 0.25) is 5.91 Å². The van der Waals surface area contributed by atoms with Crippen LogP contribution in [0.2, 0.25) is 0 Å². The molecule has 0 spiro atoms. The lowest BCUT2D eigenvalue weighted by molar-refractivity contribution is -0.131. The number of carbonyl (C=O) groups excluding carboxylic acids is 3. The third kappa shape index (κ3) is 7.13. The number of imidazole rings is 2. The van der Waals surface area contributed by atoms with Crippen LogP contribution in [0.25, 0.3) is 28.8 Å². The highest BCUT2D eigenvalue weighted by atomic mass is 16.5. The van der Waals surface area contributed by atoms with E-state index in [1.54, 1.807) is 4.90 Å². The number of carbonyl (C=O) groups is 3. The normalized spacial score (nSPS) is 19.6. The summed E-state index contributed by atoms with van der Waals surface area (Å²) in [7, 11) is 2.57. The Balaban J connectivity index is 1.06. The van der Waals surface area contributed by atoms with Gasteiger partial charge in [-0.05, 0) is 78.5 Å². The lowest BCUT2D eigenvalue weighted by Gasteiger charge is -2.27. The van der Waals surface area contributed by atoms with Crippen molar-refractivity contribution in [3.05, 3.63) is 75.7 Å². The first-order chi connectivity index (χ1) is 25.3. The lowest BCUT2D eigenvalue weighted by atomic mass is 9.77. The topological polar surface area (TPSA) is 178 Å². The number of methoxy groups -OCH3 is 2. The minimum Gasteiger partial charge on any atom is -0.453 e. The van der Waals surface area contributed by atoms with Gasteiger partial charge >= 0.3 is 12.2 Å². The fraction of sp³-hybridized carbons (Fsp3) is 0.447. The molecule has 3 amide bonds. The Morgan fingerprint density at radius 1 is 1.08 bits per heavy atom. The molecule has 14 nitrogen and oxygen atoms in total. The van der Waals surface area contributed by atoms with Crippen molar-refractivity contribution < 1.29 is 29.0 Å². The van der Waals surface area contributed by atoms with Gasteiger partial charge in [0.05, 0.1) is 55.8 Å². The number of ether oxygens (including phenoxy) is 2. The Bertz CT molecular complexity index is 1990. The number of amides is 3. The van der Waals surface area contributed by atoms with Gasteiger partial charge in [0, 0.05) is 19.0 Å². The lowest BCUT2D eigenvalue weighted by Crippen LogP contribution is -2.44. The summed E-state index contributed by atoms with van der Waals surface area (Å²) in [5.74, 6) is 1.59. The quantitative estimate of drug-likeness (QED) is 0.178. The number of likely N-dealkylation sites (tertiary alicyclic amines) is 1. The zero-order valence-corrected chi connectivity index (χ0v) is 29.8. The first-order valence-corrected chi connectivity index (χ1v) is 18.0. The molecule has 0 radical (unpaired) electrons. The summed E-state index contributed by atoms with van der Waals surface area (Å²) in [5.41, 5.74) is 10.0. The molecule has 14 heteroatoms. The van der Waals surface area contributed by atoms with Crippen molar-refractivity contribution in [2.75, 3.05) is 40.4 Å². The van der Waals surface area contributed by atoms with Crippen LogP contribution >= 0.6 is 0 Å². The maximum absolute atomic E-state index is 12.9. The Morgan fingerprint density at radius 2 is 1.90 bits per heavy atom. The molecular formula is C38H46N8O6. The van der Waals surface area contributed by atoms with E-state index in [9.17, 15) is 19.5 Å².